The Morgan fingerprint density at radius 3 is 2.25 bits per heavy atom. The van der Waals surface area contributed by atoms with Crippen molar-refractivity contribution in [2.24, 2.45) is 5.41 Å². The van der Waals surface area contributed by atoms with Gasteiger partial charge in [0.05, 0.1) is 0 Å². The van der Waals surface area contributed by atoms with Crippen molar-refractivity contribution in [1.29, 1.82) is 0 Å². The van der Waals surface area contributed by atoms with E-state index in [1.54, 1.807) is 24.3 Å². The Morgan fingerprint density at radius 2 is 1.81 bits per heavy atom. The van der Waals surface area contributed by atoms with Gasteiger partial charge in [-0.05, 0) is 17.5 Å². The molecule has 0 aliphatic rings. The summed E-state index contributed by atoms with van der Waals surface area (Å²) in [6, 6.07) is 8.79. The maximum absolute atomic E-state index is 11.8. The highest BCUT2D eigenvalue weighted by Gasteiger charge is 2.33. The lowest BCUT2D eigenvalue weighted by atomic mass is 9.92. The normalized spacial score (nSPS) is 13.4. The zero-order valence-electron chi connectivity index (χ0n) is 9.64. The molecule has 4 heteroatoms. The third-order valence-corrected chi connectivity index (χ3v) is 3.31. The summed E-state index contributed by atoms with van der Waals surface area (Å²) in [6.07, 6.45) is 0. The average molecular weight is 238 g/mol. The molecule has 0 saturated carbocycles. The van der Waals surface area contributed by atoms with Crippen LogP contribution in [0.25, 0.3) is 0 Å². The first-order valence-corrected chi connectivity index (χ1v) is 5.92. The quantitative estimate of drug-likeness (QED) is 0.461. The van der Waals surface area contributed by atoms with E-state index in [-0.39, 0.29) is 13.9 Å². The summed E-state index contributed by atoms with van der Waals surface area (Å²) in [4.78, 5) is 11.8. The number of rotatable bonds is 3. The Bertz CT molecular complexity index is 368. The van der Waals surface area contributed by atoms with Crippen LogP contribution in [0.15, 0.2) is 30.3 Å². The van der Waals surface area contributed by atoms with E-state index < -0.39 is 11.6 Å². The van der Waals surface area contributed by atoms with Crippen LogP contribution in [0.2, 0.25) is 0 Å². The molecule has 0 heterocycles. The van der Waals surface area contributed by atoms with Gasteiger partial charge in [-0.25, -0.2) is 0 Å². The van der Waals surface area contributed by atoms with Crippen molar-refractivity contribution in [3.8, 4) is 5.75 Å². The molecule has 1 atom stereocenters. The number of hydrogen-bond donors (Lipinski definition) is 0. The Kier molecular flexibility index (Phi) is 4.19. The minimum absolute atomic E-state index is 0.206. The van der Waals surface area contributed by atoms with Gasteiger partial charge in [0, 0.05) is 0 Å². The van der Waals surface area contributed by atoms with E-state index in [0.29, 0.717) is 5.75 Å². The molecule has 0 aromatic heterocycles. The molecule has 16 heavy (non-hydrogen) atoms. The summed E-state index contributed by atoms with van der Waals surface area (Å²) in [7, 11) is -0.206. The SMILES string of the molecule is CC(C)(C)C(P=O)C(=O)Oc1ccccc1. The molecule has 0 spiro atoms. The van der Waals surface area contributed by atoms with E-state index in [1.165, 1.54) is 0 Å². The largest absolute Gasteiger partial charge is 0.426 e. The minimum atomic E-state index is -0.646. The smallest absolute Gasteiger partial charge is 0.326 e. The van der Waals surface area contributed by atoms with Crippen molar-refractivity contribution in [3.05, 3.63) is 30.3 Å². The second-order valence-corrected chi connectivity index (χ2v) is 5.34. The predicted octanol–water partition coefficient (Wildman–Crippen LogP) is 3.30. The third kappa shape index (κ3) is 3.42. The molecule has 0 bridgehead atoms. The van der Waals surface area contributed by atoms with Crippen LogP contribution in [-0.4, -0.2) is 11.6 Å². The molecule has 0 fully saturated rings. The standard InChI is InChI=1S/C12H15O3P/c1-12(2,3)10(16-14)11(13)15-9-7-5-4-6-8-9/h4-8,10H,1-3H3. The fourth-order valence-corrected chi connectivity index (χ4v) is 1.67. The maximum Gasteiger partial charge on any atom is 0.326 e. The van der Waals surface area contributed by atoms with Gasteiger partial charge in [-0.2, -0.15) is 0 Å². The lowest BCUT2D eigenvalue weighted by molar-refractivity contribution is -0.135. The third-order valence-electron chi connectivity index (χ3n) is 2.11. The molecule has 1 unspecified atom stereocenters. The van der Waals surface area contributed by atoms with Crippen molar-refractivity contribution in [3.63, 3.8) is 0 Å². The molecule has 86 valence electrons. The Hall–Kier alpha value is -1.21. The van der Waals surface area contributed by atoms with E-state index >= 15 is 0 Å². The molecule has 0 aliphatic carbocycles. The van der Waals surface area contributed by atoms with Crippen LogP contribution in [0.4, 0.5) is 0 Å². The number of esters is 1. The zero-order chi connectivity index (χ0) is 12.2. The summed E-state index contributed by atoms with van der Waals surface area (Å²) in [5.41, 5.74) is -1.03. The Balaban J connectivity index is 2.75. The van der Waals surface area contributed by atoms with Crippen LogP contribution >= 0.6 is 8.46 Å². The summed E-state index contributed by atoms with van der Waals surface area (Å²) in [5, 5.41) is 0. The van der Waals surface area contributed by atoms with Crippen molar-refractivity contribution in [2.75, 3.05) is 0 Å². The highest BCUT2D eigenvalue weighted by molar-refractivity contribution is 7.26. The van der Waals surface area contributed by atoms with Crippen LogP contribution in [0.5, 0.6) is 5.75 Å². The number of para-hydroxylation sites is 1. The number of benzene rings is 1. The molecule has 1 aromatic carbocycles. The van der Waals surface area contributed by atoms with Crippen molar-refractivity contribution >= 4 is 14.4 Å². The highest BCUT2D eigenvalue weighted by Crippen LogP contribution is 2.30. The molecule has 0 aliphatic heterocycles. The number of carbonyl (C=O) groups is 1. The molecule has 1 rings (SSSR count). The van der Waals surface area contributed by atoms with Gasteiger partial charge in [0.15, 0.2) is 8.46 Å². The van der Waals surface area contributed by atoms with Gasteiger partial charge in [-0.15, -0.1) is 0 Å². The van der Waals surface area contributed by atoms with Gasteiger partial charge in [0.25, 0.3) is 0 Å². The molecule has 1 aromatic rings. The number of ether oxygens (including phenoxy) is 1. The van der Waals surface area contributed by atoms with Crippen LogP contribution in [-0.2, 0) is 9.36 Å². The summed E-state index contributed by atoms with van der Waals surface area (Å²) < 4.78 is 16.1. The van der Waals surface area contributed by atoms with Gasteiger partial charge in [0.1, 0.15) is 11.4 Å². The first kappa shape index (κ1) is 12.9. The lowest BCUT2D eigenvalue weighted by Crippen LogP contribution is -2.32. The minimum Gasteiger partial charge on any atom is -0.426 e. The van der Waals surface area contributed by atoms with Crippen molar-refractivity contribution in [1.82, 2.24) is 0 Å². The van der Waals surface area contributed by atoms with Gasteiger partial charge in [-0.3, -0.25) is 9.36 Å². The average Bonchev–Trinajstić information content (AvgIpc) is 2.17. The number of hydrogen-bond acceptors (Lipinski definition) is 3. The monoisotopic (exact) mass is 238 g/mol. The molecule has 0 amide bonds. The van der Waals surface area contributed by atoms with Crippen LogP contribution in [0.1, 0.15) is 20.8 Å². The van der Waals surface area contributed by atoms with Crippen molar-refractivity contribution in [2.45, 2.75) is 26.4 Å². The molecule has 0 radical (unpaired) electrons. The molecule has 0 N–H and O–H groups in total. The summed E-state index contributed by atoms with van der Waals surface area (Å²) >= 11 is 0. The maximum atomic E-state index is 11.8. The van der Waals surface area contributed by atoms with Gasteiger partial charge < -0.3 is 4.74 Å². The summed E-state index contributed by atoms with van der Waals surface area (Å²) in [5.74, 6) is 0.0146. The van der Waals surface area contributed by atoms with E-state index in [1.807, 2.05) is 26.8 Å². The first-order chi connectivity index (χ1) is 7.45. The number of carbonyl (C=O) groups excluding carboxylic acids is 1. The molecule has 3 nitrogen and oxygen atoms in total. The lowest BCUT2D eigenvalue weighted by Gasteiger charge is -2.22. The van der Waals surface area contributed by atoms with Gasteiger partial charge in [-0.1, -0.05) is 39.0 Å². The van der Waals surface area contributed by atoms with Crippen LogP contribution < -0.4 is 4.74 Å². The highest BCUT2D eigenvalue weighted by atomic mass is 31.1. The Morgan fingerprint density at radius 1 is 1.25 bits per heavy atom. The van der Waals surface area contributed by atoms with E-state index in [0.717, 1.165) is 0 Å². The van der Waals surface area contributed by atoms with E-state index in [2.05, 4.69) is 0 Å². The van der Waals surface area contributed by atoms with Crippen molar-refractivity contribution < 1.29 is 14.1 Å². The van der Waals surface area contributed by atoms with Gasteiger partial charge >= 0.3 is 5.97 Å². The molecular weight excluding hydrogens is 223 g/mol. The summed E-state index contributed by atoms with van der Waals surface area (Å²) in [6.45, 7) is 5.57. The molecule has 0 saturated heterocycles. The van der Waals surface area contributed by atoms with Gasteiger partial charge in [0.2, 0.25) is 0 Å². The Labute approximate surface area is 97.0 Å². The van der Waals surface area contributed by atoms with E-state index in [4.69, 9.17) is 4.74 Å². The zero-order valence-corrected chi connectivity index (χ0v) is 10.5. The van der Waals surface area contributed by atoms with Crippen LogP contribution in [0.3, 0.4) is 0 Å². The predicted molar refractivity (Wildman–Crippen MR) is 62.9 cm³/mol. The second kappa shape index (κ2) is 5.22. The fourth-order valence-electron chi connectivity index (χ4n) is 1.22. The topological polar surface area (TPSA) is 43.4 Å². The first-order valence-electron chi connectivity index (χ1n) is 5.04. The van der Waals surface area contributed by atoms with E-state index in [9.17, 15) is 9.36 Å². The van der Waals surface area contributed by atoms with Crippen LogP contribution in [0, 0.1) is 5.41 Å². The fraction of sp³-hybridized carbons (Fsp3) is 0.417. The molecular formula is C12H15O3P. The second-order valence-electron chi connectivity index (χ2n) is 4.61.